The maximum absolute atomic E-state index is 14.7. The number of pyridine rings is 1. The van der Waals surface area contributed by atoms with Crippen molar-refractivity contribution in [3.05, 3.63) is 87.7 Å². The zero-order chi connectivity index (χ0) is 29.6. The van der Waals surface area contributed by atoms with Crippen molar-refractivity contribution in [2.24, 2.45) is 0 Å². The van der Waals surface area contributed by atoms with Crippen LogP contribution in [0, 0.1) is 17.1 Å². The number of likely N-dealkylation sites (tertiary alicyclic amines) is 1. The van der Waals surface area contributed by atoms with E-state index in [1.54, 1.807) is 25.1 Å². The number of para-hydroxylation sites is 1. The minimum Gasteiger partial charge on any atom is -0.444 e. The molecule has 1 saturated heterocycles. The van der Waals surface area contributed by atoms with Crippen LogP contribution in [0.2, 0.25) is 5.02 Å². The molecule has 2 aromatic heterocycles. The predicted octanol–water partition coefficient (Wildman–Crippen LogP) is 6.57. The van der Waals surface area contributed by atoms with Gasteiger partial charge < -0.3 is 9.47 Å². The van der Waals surface area contributed by atoms with E-state index in [2.05, 4.69) is 26.0 Å². The second kappa shape index (κ2) is 10.6. The summed E-state index contributed by atoms with van der Waals surface area (Å²) < 4.78 is 65.7. The molecule has 0 unspecified atom stereocenters. The highest BCUT2D eigenvalue weighted by Crippen LogP contribution is 2.49. The van der Waals surface area contributed by atoms with E-state index in [9.17, 15) is 22.8 Å². The third-order valence-electron chi connectivity index (χ3n) is 7.53. The van der Waals surface area contributed by atoms with Crippen molar-refractivity contribution < 1.29 is 27.0 Å². The Balaban J connectivity index is 1.13. The molecule has 1 fully saturated rings. The van der Waals surface area contributed by atoms with Gasteiger partial charge in [-0.3, -0.25) is 15.0 Å². The highest BCUT2D eigenvalue weighted by molar-refractivity contribution is 6.30. The number of nitriles is 1. The lowest BCUT2D eigenvalue weighted by Gasteiger charge is -2.32. The van der Waals surface area contributed by atoms with Crippen molar-refractivity contribution in [2.75, 3.05) is 13.1 Å². The lowest BCUT2D eigenvalue weighted by Crippen LogP contribution is -2.34. The molecule has 0 saturated carbocycles. The molecule has 6 rings (SSSR count). The van der Waals surface area contributed by atoms with Crippen molar-refractivity contribution in [3.63, 3.8) is 0 Å². The molecule has 4 aromatic rings. The van der Waals surface area contributed by atoms with Crippen LogP contribution in [0.15, 0.2) is 48.7 Å². The van der Waals surface area contributed by atoms with E-state index in [-0.39, 0.29) is 33.5 Å². The first kappa shape index (κ1) is 27.9. The van der Waals surface area contributed by atoms with Gasteiger partial charge in [0.25, 0.3) is 5.79 Å². The molecule has 2 aliphatic rings. The molecule has 1 atom stereocenters. The van der Waals surface area contributed by atoms with E-state index in [0.717, 1.165) is 18.4 Å². The van der Waals surface area contributed by atoms with Gasteiger partial charge in [-0.15, -0.1) is 0 Å². The zero-order valence-corrected chi connectivity index (χ0v) is 22.9. The van der Waals surface area contributed by atoms with Crippen LogP contribution in [0.3, 0.4) is 0 Å². The van der Waals surface area contributed by atoms with E-state index >= 15 is 0 Å². The van der Waals surface area contributed by atoms with Crippen LogP contribution >= 0.6 is 11.6 Å². The average molecular weight is 599 g/mol. The third-order valence-corrected chi connectivity index (χ3v) is 7.77. The number of H-pyrrole nitrogens is 1. The summed E-state index contributed by atoms with van der Waals surface area (Å²) in [5.41, 5.74) is 2.21. The van der Waals surface area contributed by atoms with Crippen LogP contribution in [-0.4, -0.2) is 38.2 Å². The molecule has 2 aliphatic heterocycles. The van der Waals surface area contributed by atoms with Crippen molar-refractivity contribution >= 4 is 11.6 Å². The van der Waals surface area contributed by atoms with E-state index in [4.69, 9.17) is 21.1 Å². The first-order chi connectivity index (χ1) is 20.0. The number of benzene rings is 2. The number of ether oxygens (including phenoxy) is 2. The summed E-state index contributed by atoms with van der Waals surface area (Å²) >= 11 is 5.93. The number of piperidine rings is 1. The van der Waals surface area contributed by atoms with Gasteiger partial charge in [0, 0.05) is 35.8 Å². The molecular formula is C29H23ClF4N6O2. The third kappa shape index (κ3) is 5.26. The number of aromatic nitrogens is 4. The average Bonchev–Trinajstić information content (AvgIpc) is 3.59. The quantitative estimate of drug-likeness (QED) is 0.259. The van der Waals surface area contributed by atoms with Gasteiger partial charge in [-0.05, 0) is 62.2 Å². The van der Waals surface area contributed by atoms with Gasteiger partial charge in [0.2, 0.25) is 5.82 Å². The van der Waals surface area contributed by atoms with Gasteiger partial charge in [-0.1, -0.05) is 23.7 Å². The Bertz CT molecular complexity index is 1700. The van der Waals surface area contributed by atoms with Crippen molar-refractivity contribution in [1.82, 2.24) is 25.1 Å². The molecule has 0 amide bonds. The van der Waals surface area contributed by atoms with Crippen molar-refractivity contribution in [3.8, 4) is 29.0 Å². The Morgan fingerprint density at radius 3 is 2.64 bits per heavy atom. The summed E-state index contributed by atoms with van der Waals surface area (Å²) in [6, 6.07) is 13.6. The standard InChI is InChI=1S/C29H23ClF4N6O2/c1-28(21-6-5-19(30)12-22(21)31)41-24-4-2-3-20(25(24)42-28)16-7-9-40(10-8-16)15-23-17(13-35)11-18(14-36-23)26-37-27(39-38-26)29(32,33)34/h2-6,11-12,14,16H,7-10,15H2,1H3,(H,37,38,39)/t28-/m0/s1. The fourth-order valence-corrected chi connectivity index (χ4v) is 5.57. The van der Waals surface area contributed by atoms with Crippen LogP contribution in [-0.2, 0) is 18.5 Å². The van der Waals surface area contributed by atoms with E-state index in [1.807, 2.05) is 17.2 Å². The molecule has 13 heteroatoms. The second-order valence-corrected chi connectivity index (χ2v) is 10.8. The number of halogens is 5. The summed E-state index contributed by atoms with van der Waals surface area (Å²) in [5, 5.41) is 15.5. The molecule has 0 radical (unpaired) electrons. The Kier molecular flexibility index (Phi) is 7.03. The molecule has 2 aromatic carbocycles. The molecule has 1 N–H and O–H groups in total. The zero-order valence-electron chi connectivity index (χ0n) is 22.2. The molecule has 42 heavy (non-hydrogen) atoms. The SMILES string of the molecule is C[C@]1(c2ccc(Cl)cc2F)Oc2cccc(C3CCN(Cc4ncc(-c5n[nH]c(C(F)(F)F)n5)cc4C#N)CC3)c2O1. The van der Waals surface area contributed by atoms with Gasteiger partial charge in [0.1, 0.15) is 11.9 Å². The maximum Gasteiger partial charge on any atom is 0.451 e. The Hall–Kier alpha value is -4.21. The van der Waals surface area contributed by atoms with Crippen LogP contribution in [0.1, 0.15) is 53.9 Å². The largest absolute Gasteiger partial charge is 0.451 e. The highest BCUT2D eigenvalue weighted by atomic mass is 35.5. The topological polar surface area (TPSA) is 100.0 Å². The monoisotopic (exact) mass is 598 g/mol. The summed E-state index contributed by atoms with van der Waals surface area (Å²) in [6.07, 6.45) is -1.69. The number of nitrogens with one attached hydrogen (secondary N) is 1. The number of aromatic amines is 1. The number of alkyl halides is 3. The van der Waals surface area contributed by atoms with Gasteiger partial charge >= 0.3 is 6.18 Å². The van der Waals surface area contributed by atoms with E-state index in [1.165, 1.54) is 18.3 Å². The maximum atomic E-state index is 14.7. The number of hydrogen-bond donors (Lipinski definition) is 1. The lowest BCUT2D eigenvalue weighted by molar-refractivity contribution is -0.144. The van der Waals surface area contributed by atoms with Crippen LogP contribution < -0.4 is 9.47 Å². The fraction of sp³-hybridized carbons (Fsp3) is 0.310. The fourth-order valence-electron chi connectivity index (χ4n) is 5.41. The van der Waals surface area contributed by atoms with Gasteiger partial charge in [-0.25, -0.2) is 9.37 Å². The second-order valence-electron chi connectivity index (χ2n) is 10.3. The number of hydrogen-bond acceptors (Lipinski definition) is 7. The van der Waals surface area contributed by atoms with Crippen molar-refractivity contribution in [2.45, 2.75) is 44.2 Å². The first-order valence-electron chi connectivity index (χ1n) is 13.1. The van der Waals surface area contributed by atoms with Crippen LogP contribution in [0.25, 0.3) is 11.4 Å². The normalized spacial score (nSPS) is 19.2. The summed E-state index contributed by atoms with van der Waals surface area (Å²) in [4.78, 5) is 10.0. The van der Waals surface area contributed by atoms with Crippen LogP contribution in [0.4, 0.5) is 17.6 Å². The van der Waals surface area contributed by atoms with Crippen LogP contribution in [0.5, 0.6) is 11.5 Å². The molecular weight excluding hydrogens is 576 g/mol. The Morgan fingerprint density at radius 2 is 1.95 bits per heavy atom. The number of fused-ring (bicyclic) bond motifs is 1. The van der Waals surface area contributed by atoms with Crippen molar-refractivity contribution in [1.29, 1.82) is 5.26 Å². The predicted molar refractivity (Wildman–Crippen MR) is 143 cm³/mol. The lowest BCUT2D eigenvalue weighted by atomic mass is 9.88. The Morgan fingerprint density at radius 1 is 1.17 bits per heavy atom. The molecule has 0 bridgehead atoms. The summed E-state index contributed by atoms with van der Waals surface area (Å²) in [6.45, 7) is 3.50. The summed E-state index contributed by atoms with van der Waals surface area (Å²) in [5.74, 6) is -1.95. The summed E-state index contributed by atoms with van der Waals surface area (Å²) in [7, 11) is 0. The highest BCUT2D eigenvalue weighted by Gasteiger charge is 2.43. The first-order valence-corrected chi connectivity index (χ1v) is 13.5. The number of nitrogens with zero attached hydrogens (tertiary/aromatic N) is 5. The van der Waals surface area contributed by atoms with E-state index < -0.39 is 23.6 Å². The van der Waals surface area contributed by atoms with Gasteiger partial charge in [0.15, 0.2) is 17.3 Å². The molecule has 0 aliphatic carbocycles. The molecule has 0 spiro atoms. The minimum atomic E-state index is -4.66. The Labute approximate surface area is 242 Å². The molecule has 216 valence electrons. The van der Waals surface area contributed by atoms with Gasteiger partial charge in [0.05, 0.1) is 16.8 Å². The van der Waals surface area contributed by atoms with Gasteiger partial charge in [-0.2, -0.15) is 23.5 Å². The molecule has 4 heterocycles. The number of rotatable bonds is 5. The smallest absolute Gasteiger partial charge is 0.444 e. The van der Waals surface area contributed by atoms with E-state index in [0.29, 0.717) is 36.8 Å². The molecule has 8 nitrogen and oxygen atoms in total. The minimum absolute atomic E-state index is 0.163.